The summed E-state index contributed by atoms with van der Waals surface area (Å²) in [5.74, 6) is 0.632. The van der Waals surface area contributed by atoms with Gasteiger partial charge >= 0.3 is 6.18 Å². The highest BCUT2D eigenvalue weighted by Gasteiger charge is 2.33. The SMILES string of the molecule is Cc1cc(Nc2nc(-c3ccccc3)cc(-c3ccccc3C(F)(F)F)n2)n[nH]1. The minimum absolute atomic E-state index is 0.0131. The van der Waals surface area contributed by atoms with Gasteiger partial charge in [0.15, 0.2) is 5.82 Å². The van der Waals surface area contributed by atoms with Crippen LogP contribution in [-0.4, -0.2) is 20.2 Å². The Hall–Kier alpha value is -3.68. The molecule has 4 rings (SSSR count). The van der Waals surface area contributed by atoms with Crippen molar-refractivity contribution < 1.29 is 13.2 Å². The second kappa shape index (κ2) is 7.38. The maximum Gasteiger partial charge on any atom is 0.417 e. The molecule has 0 unspecified atom stereocenters. The van der Waals surface area contributed by atoms with Crippen molar-refractivity contribution in [3.8, 4) is 22.5 Å². The van der Waals surface area contributed by atoms with Gasteiger partial charge in [-0.15, -0.1) is 0 Å². The summed E-state index contributed by atoms with van der Waals surface area (Å²) in [6.07, 6.45) is -4.50. The number of rotatable bonds is 4. The Kier molecular flexibility index (Phi) is 4.75. The van der Waals surface area contributed by atoms with Gasteiger partial charge in [-0.05, 0) is 19.1 Å². The molecule has 0 spiro atoms. The minimum atomic E-state index is -4.50. The van der Waals surface area contributed by atoms with Crippen molar-refractivity contribution >= 4 is 11.8 Å². The maximum atomic E-state index is 13.5. The van der Waals surface area contributed by atoms with E-state index >= 15 is 0 Å². The summed E-state index contributed by atoms with van der Waals surface area (Å²) in [5.41, 5.74) is 1.50. The molecular formula is C21H16F3N5. The summed E-state index contributed by atoms with van der Waals surface area (Å²) >= 11 is 0. The van der Waals surface area contributed by atoms with Gasteiger partial charge in [0.2, 0.25) is 5.95 Å². The Bertz CT molecular complexity index is 1140. The molecule has 0 saturated carbocycles. The van der Waals surface area contributed by atoms with Crippen LogP contribution in [0.1, 0.15) is 11.3 Å². The molecule has 2 aromatic heterocycles. The van der Waals surface area contributed by atoms with E-state index in [0.717, 1.165) is 17.3 Å². The zero-order valence-corrected chi connectivity index (χ0v) is 15.3. The fraction of sp³-hybridized carbons (Fsp3) is 0.0952. The van der Waals surface area contributed by atoms with E-state index in [2.05, 4.69) is 25.5 Å². The highest BCUT2D eigenvalue weighted by molar-refractivity contribution is 5.72. The van der Waals surface area contributed by atoms with E-state index in [-0.39, 0.29) is 17.2 Å². The molecule has 0 atom stereocenters. The lowest BCUT2D eigenvalue weighted by Crippen LogP contribution is -2.08. The Morgan fingerprint density at radius 2 is 1.55 bits per heavy atom. The van der Waals surface area contributed by atoms with Crippen molar-refractivity contribution in [2.75, 3.05) is 5.32 Å². The van der Waals surface area contributed by atoms with E-state index in [1.165, 1.54) is 12.1 Å². The molecule has 0 aliphatic rings. The number of hydrogen-bond acceptors (Lipinski definition) is 4. The lowest BCUT2D eigenvalue weighted by Gasteiger charge is -2.14. The quantitative estimate of drug-likeness (QED) is 0.472. The topological polar surface area (TPSA) is 66.5 Å². The molecule has 4 aromatic rings. The number of halogens is 3. The molecule has 29 heavy (non-hydrogen) atoms. The molecule has 146 valence electrons. The molecule has 2 heterocycles. The number of aromatic amines is 1. The number of aryl methyl sites for hydroxylation is 1. The monoisotopic (exact) mass is 395 g/mol. The van der Waals surface area contributed by atoms with Crippen molar-refractivity contribution in [3.05, 3.63) is 78.0 Å². The molecule has 8 heteroatoms. The standard InChI is InChI=1S/C21H16F3N5/c1-13-11-19(29-28-13)27-20-25-17(14-7-3-2-4-8-14)12-18(26-20)15-9-5-6-10-16(15)21(22,23)24/h2-12H,1H3,(H2,25,26,27,28,29). The molecular weight excluding hydrogens is 379 g/mol. The predicted molar refractivity (Wildman–Crippen MR) is 105 cm³/mol. The summed E-state index contributed by atoms with van der Waals surface area (Å²) in [6.45, 7) is 1.84. The number of aromatic nitrogens is 4. The third-order valence-corrected chi connectivity index (χ3v) is 4.25. The van der Waals surface area contributed by atoms with Gasteiger partial charge in [0.1, 0.15) is 0 Å². The van der Waals surface area contributed by atoms with Crippen LogP contribution in [-0.2, 0) is 6.18 Å². The Balaban J connectivity index is 1.87. The Morgan fingerprint density at radius 1 is 0.862 bits per heavy atom. The van der Waals surface area contributed by atoms with Crippen LogP contribution in [0.5, 0.6) is 0 Å². The highest BCUT2D eigenvalue weighted by atomic mass is 19.4. The van der Waals surface area contributed by atoms with Crippen molar-refractivity contribution in [3.63, 3.8) is 0 Å². The second-order valence-electron chi connectivity index (χ2n) is 6.43. The highest BCUT2D eigenvalue weighted by Crippen LogP contribution is 2.37. The largest absolute Gasteiger partial charge is 0.417 e. The van der Waals surface area contributed by atoms with Crippen molar-refractivity contribution in [1.82, 2.24) is 20.2 Å². The molecule has 0 saturated heterocycles. The summed E-state index contributed by atoms with van der Waals surface area (Å²) in [5, 5.41) is 9.83. The van der Waals surface area contributed by atoms with E-state index in [4.69, 9.17) is 0 Å². The zero-order chi connectivity index (χ0) is 20.4. The number of benzene rings is 2. The molecule has 0 radical (unpaired) electrons. The van der Waals surface area contributed by atoms with Crippen LogP contribution in [0.25, 0.3) is 22.5 Å². The number of alkyl halides is 3. The first-order valence-electron chi connectivity index (χ1n) is 8.80. The van der Waals surface area contributed by atoms with Gasteiger partial charge in [-0.1, -0.05) is 48.5 Å². The second-order valence-corrected chi connectivity index (χ2v) is 6.43. The third-order valence-electron chi connectivity index (χ3n) is 4.25. The van der Waals surface area contributed by atoms with Gasteiger partial charge in [-0.2, -0.15) is 18.3 Å². The van der Waals surface area contributed by atoms with Crippen LogP contribution < -0.4 is 5.32 Å². The van der Waals surface area contributed by atoms with Crippen LogP contribution in [0, 0.1) is 6.92 Å². The first-order chi connectivity index (χ1) is 13.9. The van der Waals surface area contributed by atoms with Gasteiger partial charge < -0.3 is 5.32 Å². The number of H-pyrrole nitrogens is 1. The third kappa shape index (κ3) is 4.11. The Labute approximate surface area is 164 Å². The molecule has 0 aliphatic heterocycles. The van der Waals surface area contributed by atoms with Gasteiger partial charge in [0, 0.05) is 22.9 Å². The Morgan fingerprint density at radius 3 is 2.24 bits per heavy atom. The van der Waals surface area contributed by atoms with Gasteiger partial charge in [0.05, 0.1) is 17.0 Å². The van der Waals surface area contributed by atoms with Gasteiger partial charge in [0.25, 0.3) is 0 Å². The average molecular weight is 395 g/mol. The molecule has 2 N–H and O–H groups in total. The fourth-order valence-corrected chi connectivity index (χ4v) is 2.95. The smallest absolute Gasteiger partial charge is 0.307 e. The lowest BCUT2D eigenvalue weighted by molar-refractivity contribution is -0.137. The molecule has 5 nitrogen and oxygen atoms in total. The molecule has 0 amide bonds. The van der Waals surface area contributed by atoms with Crippen LogP contribution in [0.2, 0.25) is 0 Å². The number of nitrogens with zero attached hydrogens (tertiary/aromatic N) is 3. The van der Waals surface area contributed by atoms with Crippen LogP contribution in [0.15, 0.2) is 66.7 Å². The first kappa shape index (κ1) is 18.7. The summed E-state index contributed by atoms with van der Waals surface area (Å²) in [4.78, 5) is 8.80. The van der Waals surface area contributed by atoms with Crippen molar-refractivity contribution in [2.24, 2.45) is 0 Å². The molecule has 0 bridgehead atoms. The van der Waals surface area contributed by atoms with E-state index in [1.807, 2.05) is 37.3 Å². The lowest BCUT2D eigenvalue weighted by atomic mass is 10.0. The predicted octanol–water partition coefficient (Wildman–Crippen LogP) is 5.60. The number of hydrogen-bond donors (Lipinski definition) is 2. The van der Waals surface area contributed by atoms with Crippen molar-refractivity contribution in [1.29, 1.82) is 0 Å². The van der Waals surface area contributed by atoms with Gasteiger partial charge in [-0.3, -0.25) is 5.10 Å². The summed E-state index contributed by atoms with van der Waals surface area (Å²) in [6, 6.07) is 17.9. The number of anilines is 2. The van der Waals surface area contributed by atoms with E-state index in [0.29, 0.717) is 11.5 Å². The van der Waals surface area contributed by atoms with E-state index in [1.54, 1.807) is 18.2 Å². The van der Waals surface area contributed by atoms with E-state index < -0.39 is 11.7 Å². The molecule has 0 fully saturated rings. The number of nitrogens with one attached hydrogen (secondary N) is 2. The van der Waals surface area contributed by atoms with Crippen LogP contribution >= 0.6 is 0 Å². The van der Waals surface area contributed by atoms with Crippen LogP contribution in [0.3, 0.4) is 0 Å². The normalized spacial score (nSPS) is 11.4. The zero-order valence-electron chi connectivity index (χ0n) is 15.3. The van der Waals surface area contributed by atoms with Gasteiger partial charge in [-0.25, -0.2) is 9.97 Å². The first-order valence-corrected chi connectivity index (χ1v) is 8.80. The molecule has 2 aromatic carbocycles. The summed E-state index contributed by atoms with van der Waals surface area (Å²) < 4.78 is 40.6. The fourth-order valence-electron chi connectivity index (χ4n) is 2.95. The maximum absolute atomic E-state index is 13.5. The van der Waals surface area contributed by atoms with Crippen LogP contribution in [0.4, 0.5) is 24.9 Å². The van der Waals surface area contributed by atoms with Crippen molar-refractivity contribution in [2.45, 2.75) is 13.1 Å². The average Bonchev–Trinajstić information content (AvgIpc) is 3.12. The summed E-state index contributed by atoms with van der Waals surface area (Å²) in [7, 11) is 0. The van der Waals surface area contributed by atoms with E-state index in [9.17, 15) is 13.2 Å². The minimum Gasteiger partial charge on any atom is -0.307 e. The molecule has 0 aliphatic carbocycles.